The van der Waals surface area contributed by atoms with E-state index in [0.29, 0.717) is 31.1 Å². The van der Waals surface area contributed by atoms with Crippen molar-refractivity contribution in [2.45, 2.75) is 12.8 Å². The van der Waals surface area contributed by atoms with Crippen LogP contribution in [0.5, 0.6) is 5.75 Å². The van der Waals surface area contributed by atoms with Gasteiger partial charge in [-0.3, -0.25) is 9.59 Å². The molecule has 1 heterocycles. The zero-order valence-corrected chi connectivity index (χ0v) is 14.4. The van der Waals surface area contributed by atoms with Gasteiger partial charge in [0, 0.05) is 25.3 Å². The number of likely N-dealkylation sites (tertiary alicyclic amines) is 1. The molecule has 8 nitrogen and oxygen atoms in total. The number of nitrogens with zero attached hydrogens (tertiary/aromatic N) is 1. The second-order valence-electron chi connectivity index (χ2n) is 5.79. The highest BCUT2D eigenvalue weighted by molar-refractivity contribution is 6.39. The minimum absolute atomic E-state index is 0.235. The van der Waals surface area contributed by atoms with Crippen molar-refractivity contribution >= 4 is 23.6 Å². The second kappa shape index (κ2) is 8.91. The normalized spacial score (nSPS) is 14.6. The van der Waals surface area contributed by atoms with Gasteiger partial charge in [0.2, 0.25) is 0 Å². The third-order valence-corrected chi connectivity index (χ3v) is 4.15. The van der Waals surface area contributed by atoms with Gasteiger partial charge < -0.3 is 25.0 Å². The Bertz CT molecular complexity index is 609. The van der Waals surface area contributed by atoms with E-state index in [1.165, 1.54) is 7.11 Å². The average Bonchev–Trinajstić information content (AvgIpc) is 2.66. The molecule has 0 unspecified atom stereocenters. The van der Waals surface area contributed by atoms with Crippen LogP contribution in [0.1, 0.15) is 12.8 Å². The van der Waals surface area contributed by atoms with E-state index in [0.717, 1.165) is 12.8 Å². The fraction of sp³-hybridized carbons (Fsp3) is 0.471. The van der Waals surface area contributed by atoms with E-state index in [2.05, 4.69) is 15.4 Å². The van der Waals surface area contributed by atoms with Crippen LogP contribution < -0.4 is 15.4 Å². The van der Waals surface area contributed by atoms with E-state index in [1.807, 2.05) is 0 Å². The van der Waals surface area contributed by atoms with Crippen LogP contribution in [-0.4, -0.2) is 56.7 Å². The van der Waals surface area contributed by atoms with E-state index >= 15 is 0 Å². The summed E-state index contributed by atoms with van der Waals surface area (Å²) in [5.74, 6) is -0.484. The highest BCUT2D eigenvalue weighted by atomic mass is 16.5. The van der Waals surface area contributed by atoms with Crippen LogP contribution in [0.2, 0.25) is 0 Å². The highest BCUT2D eigenvalue weighted by Gasteiger charge is 2.24. The lowest BCUT2D eigenvalue weighted by atomic mass is 9.97. The number of carbonyl (C=O) groups excluding carboxylic acids is 3. The largest absolute Gasteiger partial charge is 0.497 e. The fourth-order valence-corrected chi connectivity index (χ4v) is 2.63. The van der Waals surface area contributed by atoms with Crippen molar-refractivity contribution in [2.24, 2.45) is 5.92 Å². The van der Waals surface area contributed by atoms with Gasteiger partial charge in [-0.1, -0.05) is 0 Å². The molecule has 1 saturated heterocycles. The van der Waals surface area contributed by atoms with Crippen molar-refractivity contribution in [3.05, 3.63) is 24.3 Å². The van der Waals surface area contributed by atoms with Gasteiger partial charge in [0.25, 0.3) is 0 Å². The standard InChI is InChI=1S/C17H23N3O5/c1-24-14-5-3-13(4-6-14)19-16(22)15(21)18-11-12-7-9-20(10-8-12)17(23)25-2/h3-6,12H,7-11H2,1-2H3,(H,18,21)(H,19,22). The van der Waals surface area contributed by atoms with E-state index in [-0.39, 0.29) is 12.0 Å². The van der Waals surface area contributed by atoms with Crippen LogP contribution in [0.15, 0.2) is 24.3 Å². The number of rotatable bonds is 4. The van der Waals surface area contributed by atoms with Gasteiger partial charge >= 0.3 is 17.9 Å². The number of benzene rings is 1. The van der Waals surface area contributed by atoms with Crippen molar-refractivity contribution in [1.82, 2.24) is 10.2 Å². The predicted molar refractivity (Wildman–Crippen MR) is 91.3 cm³/mol. The lowest BCUT2D eigenvalue weighted by Gasteiger charge is -2.30. The Labute approximate surface area is 146 Å². The van der Waals surface area contributed by atoms with E-state index in [9.17, 15) is 14.4 Å². The summed E-state index contributed by atoms with van der Waals surface area (Å²) in [5.41, 5.74) is 0.521. The van der Waals surface area contributed by atoms with Crippen molar-refractivity contribution in [3.8, 4) is 5.75 Å². The van der Waals surface area contributed by atoms with Crippen LogP contribution in [0.25, 0.3) is 0 Å². The first-order valence-corrected chi connectivity index (χ1v) is 8.09. The lowest BCUT2D eigenvalue weighted by Crippen LogP contribution is -2.43. The molecule has 2 N–H and O–H groups in total. The molecule has 0 spiro atoms. The molecular formula is C17H23N3O5. The summed E-state index contributed by atoms with van der Waals surface area (Å²) in [5, 5.41) is 5.18. The maximum Gasteiger partial charge on any atom is 0.409 e. The molecule has 0 saturated carbocycles. The lowest BCUT2D eigenvalue weighted by molar-refractivity contribution is -0.136. The summed E-state index contributed by atoms with van der Waals surface area (Å²) in [7, 11) is 2.91. The molecule has 1 aliphatic rings. The smallest absolute Gasteiger partial charge is 0.409 e. The van der Waals surface area contributed by atoms with Crippen LogP contribution in [0.4, 0.5) is 10.5 Å². The maximum absolute atomic E-state index is 11.9. The first kappa shape index (κ1) is 18.6. The van der Waals surface area contributed by atoms with Gasteiger partial charge in [-0.15, -0.1) is 0 Å². The maximum atomic E-state index is 11.9. The number of carbonyl (C=O) groups is 3. The number of anilines is 1. The van der Waals surface area contributed by atoms with Crippen LogP contribution in [0.3, 0.4) is 0 Å². The molecule has 136 valence electrons. The topological polar surface area (TPSA) is 97.0 Å². The van der Waals surface area contributed by atoms with Gasteiger partial charge in [0.1, 0.15) is 5.75 Å². The van der Waals surface area contributed by atoms with Gasteiger partial charge in [-0.05, 0) is 43.0 Å². The number of hydrogen-bond donors (Lipinski definition) is 2. The number of piperidine rings is 1. The van der Waals surface area contributed by atoms with Gasteiger partial charge in [-0.25, -0.2) is 4.79 Å². The summed E-state index contributed by atoms with van der Waals surface area (Å²) in [6.45, 7) is 1.58. The molecule has 1 aromatic carbocycles. The van der Waals surface area contributed by atoms with Gasteiger partial charge in [-0.2, -0.15) is 0 Å². The van der Waals surface area contributed by atoms with Crippen LogP contribution in [-0.2, 0) is 14.3 Å². The SMILES string of the molecule is COC(=O)N1CCC(CNC(=O)C(=O)Nc2ccc(OC)cc2)CC1. The summed E-state index contributed by atoms with van der Waals surface area (Å²) in [6.07, 6.45) is 1.19. The van der Waals surface area contributed by atoms with Crippen LogP contribution >= 0.6 is 0 Å². The zero-order valence-electron chi connectivity index (χ0n) is 14.4. The van der Waals surface area contributed by atoms with Gasteiger partial charge in [0.05, 0.1) is 14.2 Å². The molecule has 1 fully saturated rings. The number of amides is 3. The van der Waals surface area contributed by atoms with E-state index in [4.69, 9.17) is 4.74 Å². The molecule has 0 radical (unpaired) electrons. The number of ether oxygens (including phenoxy) is 2. The van der Waals surface area contributed by atoms with Crippen molar-refractivity contribution < 1.29 is 23.9 Å². The third-order valence-electron chi connectivity index (χ3n) is 4.15. The molecule has 25 heavy (non-hydrogen) atoms. The van der Waals surface area contributed by atoms with Crippen molar-refractivity contribution in [1.29, 1.82) is 0 Å². The average molecular weight is 349 g/mol. The molecule has 0 bridgehead atoms. The summed E-state index contributed by atoms with van der Waals surface area (Å²) >= 11 is 0. The summed E-state index contributed by atoms with van der Waals surface area (Å²) in [6, 6.07) is 6.71. The Morgan fingerprint density at radius 3 is 2.28 bits per heavy atom. The quantitative estimate of drug-likeness (QED) is 0.797. The van der Waals surface area contributed by atoms with Gasteiger partial charge in [0.15, 0.2) is 0 Å². The Morgan fingerprint density at radius 1 is 1.08 bits per heavy atom. The van der Waals surface area contributed by atoms with Crippen molar-refractivity contribution in [3.63, 3.8) is 0 Å². The summed E-state index contributed by atoms with van der Waals surface area (Å²) < 4.78 is 9.71. The Hall–Kier alpha value is -2.77. The number of nitrogens with one attached hydrogen (secondary N) is 2. The van der Waals surface area contributed by atoms with E-state index in [1.54, 1.807) is 36.3 Å². The first-order chi connectivity index (χ1) is 12.0. The minimum Gasteiger partial charge on any atom is -0.497 e. The first-order valence-electron chi connectivity index (χ1n) is 8.09. The summed E-state index contributed by atoms with van der Waals surface area (Å²) in [4.78, 5) is 36.8. The zero-order chi connectivity index (χ0) is 18.2. The molecule has 1 aliphatic heterocycles. The number of methoxy groups -OCH3 is 2. The molecule has 3 amide bonds. The van der Waals surface area contributed by atoms with E-state index < -0.39 is 11.8 Å². The predicted octanol–water partition coefficient (Wildman–Crippen LogP) is 1.23. The Morgan fingerprint density at radius 2 is 1.72 bits per heavy atom. The highest BCUT2D eigenvalue weighted by Crippen LogP contribution is 2.17. The minimum atomic E-state index is -0.711. The molecular weight excluding hydrogens is 326 g/mol. The van der Waals surface area contributed by atoms with Crippen LogP contribution in [0, 0.1) is 5.92 Å². The Kier molecular flexibility index (Phi) is 6.62. The molecule has 1 aromatic rings. The molecule has 0 aromatic heterocycles. The third kappa shape index (κ3) is 5.37. The fourth-order valence-electron chi connectivity index (χ4n) is 2.63. The number of hydrogen-bond acceptors (Lipinski definition) is 5. The monoisotopic (exact) mass is 349 g/mol. The molecule has 0 atom stereocenters. The molecule has 2 rings (SSSR count). The van der Waals surface area contributed by atoms with Crippen molar-refractivity contribution in [2.75, 3.05) is 39.2 Å². The molecule has 8 heteroatoms. The molecule has 0 aliphatic carbocycles. The Balaban J connectivity index is 1.72. The second-order valence-corrected chi connectivity index (χ2v) is 5.79.